The SMILES string of the molecule is Cc1cc(Cn2c(C)c(C(=O)O)c3cccc(F)c3c2=O)[nH]n1. The Morgan fingerprint density at radius 1 is 1.39 bits per heavy atom. The lowest BCUT2D eigenvalue weighted by Crippen LogP contribution is -2.27. The van der Waals surface area contributed by atoms with Crippen LogP contribution in [0.25, 0.3) is 10.8 Å². The number of hydrogen-bond donors (Lipinski definition) is 2. The number of hydrogen-bond acceptors (Lipinski definition) is 3. The summed E-state index contributed by atoms with van der Waals surface area (Å²) in [6, 6.07) is 5.74. The molecule has 0 bridgehead atoms. The van der Waals surface area contributed by atoms with Crippen molar-refractivity contribution in [2.75, 3.05) is 0 Å². The molecule has 7 heteroatoms. The highest BCUT2D eigenvalue weighted by Crippen LogP contribution is 2.22. The number of aromatic amines is 1. The number of carboxylic acids is 1. The molecule has 1 aromatic carbocycles. The monoisotopic (exact) mass is 315 g/mol. The van der Waals surface area contributed by atoms with E-state index in [0.717, 1.165) is 11.8 Å². The van der Waals surface area contributed by atoms with Crippen molar-refractivity contribution >= 4 is 16.7 Å². The van der Waals surface area contributed by atoms with Gasteiger partial charge in [0.1, 0.15) is 5.82 Å². The standard InChI is InChI=1S/C16H14FN3O3/c1-8-6-10(19-18-8)7-20-9(2)13(16(22)23)11-4-3-5-12(17)14(11)15(20)21/h3-6H,7H2,1-2H3,(H,18,19)(H,22,23). The van der Waals surface area contributed by atoms with Crippen LogP contribution in [0.1, 0.15) is 27.4 Å². The van der Waals surface area contributed by atoms with Gasteiger partial charge in [0.05, 0.1) is 28.9 Å². The van der Waals surface area contributed by atoms with E-state index in [0.29, 0.717) is 5.69 Å². The minimum atomic E-state index is -1.20. The summed E-state index contributed by atoms with van der Waals surface area (Å²) in [7, 11) is 0. The summed E-state index contributed by atoms with van der Waals surface area (Å²) >= 11 is 0. The summed E-state index contributed by atoms with van der Waals surface area (Å²) in [5, 5.41) is 16.1. The van der Waals surface area contributed by atoms with Crippen molar-refractivity contribution in [1.29, 1.82) is 0 Å². The molecule has 2 heterocycles. The van der Waals surface area contributed by atoms with Gasteiger partial charge >= 0.3 is 5.97 Å². The topological polar surface area (TPSA) is 88.0 Å². The van der Waals surface area contributed by atoms with Gasteiger partial charge in [0.2, 0.25) is 0 Å². The van der Waals surface area contributed by atoms with Gasteiger partial charge in [-0.1, -0.05) is 12.1 Å². The molecule has 0 saturated carbocycles. The highest BCUT2D eigenvalue weighted by atomic mass is 19.1. The Balaban J connectivity index is 2.35. The number of fused-ring (bicyclic) bond motifs is 1. The first-order chi connectivity index (χ1) is 10.9. The Kier molecular flexibility index (Phi) is 3.48. The number of carboxylic acid groups (broad SMARTS) is 1. The molecule has 2 aromatic heterocycles. The molecule has 0 amide bonds. The van der Waals surface area contributed by atoms with Gasteiger partial charge in [0.25, 0.3) is 5.56 Å². The van der Waals surface area contributed by atoms with Gasteiger partial charge in [-0.25, -0.2) is 9.18 Å². The Labute approximate surface area is 130 Å². The van der Waals surface area contributed by atoms with Crippen molar-refractivity contribution in [1.82, 2.24) is 14.8 Å². The van der Waals surface area contributed by atoms with Gasteiger partial charge < -0.3 is 9.67 Å². The molecule has 0 saturated heterocycles. The zero-order valence-corrected chi connectivity index (χ0v) is 12.6. The minimum absolute atomic E-state index is 0.0738. The zero-order valence-electron chi connectivity index (χ0n) is 12.6. The van der Waals surface area contributed by atoms with E-state index in [2.05, 4.69) is 10.2 Å². The van der Waals surface area contributed by atoms with Crippen LogP contribution in [0.3, 0.4) is 0 Å². The lowest BCUT2D eigenvalue weighted by atomic mass is 10.0. The fraction of sp³-hybridized carbons (Fsp3) is 0.188. The maximum atomic E-state index is 14.1. The first-order valence-electron chi connectivity index (χ1n) is 6.96. The molecule has 6 nitrogen and oxygen atoms in total. The number of benzene rings is 1. The quantitative estimate of drug-likeness (QED) is 0.776. The number of nitrogens with one attached hydrogen (secondary N) is 1. The van der Waals surface area contributed by atoms with Gasteiger partial charge in [0.15, 0.2) is 0 Å². The Morgan fingerprint density at radius 3 is 2.74 bits per heavy atom. The van der Waals surface area contributed by atoms with E-state index in [1.165, 1.54) is 16.7 Å². The second-order valence-corrected chi connectivity index (χ2v) is 5.35. The molecule has 0 aliphatic heterocycles. The molecule has 0 aliphatic carbocycles. The fourth-order valence-corrected chi connectivity index (χ4v) is 2.76. The second kappa shape index (κ2) is 5.35. The van der Waals surface area contributed by atoms with Crippen molar-refractivity contribution in [3.8, 4) is 0 Å². The molecule has 0 spiro atoms. The Bertz CT molecular complexity index is 988. The molecular weight excluding hydrogens is 301 g/mol. The van der Waals surface area contributed by atoms with E-state index in [-0.39, 0.29) is 28.6 Å². The summed E-state index contributed by atoms with van der Waals surface area (Å²) in [6.45, 7) is 3.42. The van der Waals surface area contributed by atoms with Gasteiger partial charge in [0, 0.05) is 11.1 Å². The van der Waals surface area contributed by atoms with Gasteiger partial charge in [-0.2, -0.15) is 5.10 Å². The van der Waals surface area contributed by atoms with E-state index in [1.54, 1.807) is 19.9 Å². The number of pyridine rings is 1. The second-order valence-electron chi connectivity index (χ2n) is 5.35. The van der Waals surface area contributed by atoms with Crippen LogP contribution in [0, 0.1) is 19.7 Å². The normalized spacial score (nSPS) is 11.1. The van der Waals surface area contributed by atoms with E-state index in [9.17, 15) is 19.1 Å². The average molecular weight is 315 g/mol. The van der Waals surface area contributed by atoms with Crippen molar-refractivity contribution in [2.24, 2.45) is 0 Å². The van der Waals surface area contributed by atoms with Crippen LogP contribution < -0.4 is 5.56 Å². The third-order valence-corrected chi connectivity index (χ3v) is 3.81. The van der Waals surface area contributed by atoms with Gasteiger partial charge in [-0.3, -0.25) is 9.89 Å². The molecule has 0 unspecified atom stereocenters. The molecule has 23 heavy (non-hydrogen) atoms. The van der Waals surface area contributed by atoms with Crippen molar-refractivity contribution in [2.45, 2.75) is 20.4 Å². The lowest BCUT2D eigenvalue weighted by molar-refractivity contribution is 0.0697. The van der Waals surface area contributed by atoms with Crippen LogP contribution in [0.4, 0.5) is 4.39 Å². The van der Waals surface area contributed by atoms with E-state index >= 15 is 0 Å². The van der Waals surface area contributed by atoms with Crippen LogP contribution in [-0.4, -0.2) is 25.8 Å². The molecular formula is C16H14FN3O3. The molecule has 3 aromatic rings. The highest BCUT2D eigenvalue weighted by Gasteiger charge is 2.21. The lowest BCUT2D eigenvalue weighted by Gasteiger charge is -2.14. The number of rotatable bonds is 3. The molecule has 0 atom stereocenters. The van der Waals surface area contributed by atoms with Gasteiger partial charge in [-0.15, -0.1) is 0 Å². The summed E-state index contributed by atoms with van der Waals surface area (Å²) < 4.78 is 15.4. The van der Waals surface area contributed by atoms with E-state index in [4.69, 9.17) is 0 Å². The number of nitrogens with zero attached hydrogens (tertiary/aromatic N) is 2. The molecule has 0 radical (unpaired) electrons. The van der Waals surface area contributed by atoms with Crippen LogP contribution in [-0.2, 0) is 6.54 Å². The minimum Gasteiger partial charge on any atom is -0.478 e. The van der Waals surface area contributed by atoms with Crippen LogP contribution >= 0.6 is 0 Å². The largest absolute Gasteiger partial charge is 0.478 e. The first kappa shape index (κ1) is 15.0. The predicted molar refractivity (Wildman–Crippen MR) is 82.3 cm³/mol. The third-order valence-electron chi connectivity index (χ3n) is 3.81. The Morgan fingerprint density at radius 2 is 2.13 bits per heavy atom. The smallest absolute Gasteiger partial charge is 0.338 e. The summed E-state index contributed by atoms with van der Waals surface area (Å²) in [4.78, 5) is 24.3. The number of aromatic carboxylic acids is 1. The first-order valence-corrected chi connectivity index (χ1v) is 6.96. The molecule has 3 rings (SSSR count). The summed E-state index contributed by atoms with van der Waals surface area (Å²) in [5.74, 6) is -1.93. The van der Waals surface area contributed by atoms with Crippen LogP contribution in [0.15, 0.2) is 29.1 Å². The average Bonchev–Trinajstić information content (AvgIpc) is 2.88. The number of aromatic nitrogens is 3. The maximum absolute atomic E-state index is 14.1. The molecule has 2 N–H and O–H groups in total. The van der Waals surface area contributed by atoms with E-state index < -0.39 is 17.3 Å². The number of aryl methyl sites for hydroxylation is 1. The van der Waals surface area contributed by atoms with E-state index in [1.807, 2.05) is 0 Å². The van der Waals surface area contributed by atoms with Crippen molar-refractivity contribution in [3.63, 3.8) is 0 Å². The van der Waals surface area contributed by atoms with Crippen LogP contribution in [0.2, 0.25) is 0 Å². The number of carbonyl (C=O) groups is 1. The highest BCUT2D eigenvalue weighted by molar-refractivity contribution is 6.04. The molecule has 0 aliphatic rings. The van der Waals surface area contributed by atoms with Crippen molar-refractivity contribution in [3.05, 3.63) is 63.1 Å². The summed E-state index contributed by atoms with van der Waals surface area (Å²) in [6.07, 6.45) is 0. The molecule has 0 fully saturated rings. The van der Waals surface area contributed by atoms with Gasteiger partial charge in [-0.05, 0) is 26.0 Å². The molecule has 118 valence electrons. The predicted octanol–water partition coefficient (Wildman–Crippen LogP) is 2.23. The number of H-pyrrole nitrogens is 1. The maximum Gasteiger partial charge on any atom is 0.338 e. The fourth-order valence-electron chi connectivity index (χ4n) is 2.76. The number of halogens is 1. The zero-order chi connectivity index (χ0) is 16.7. The van der Waals surface area contributed by atoms with Crippen LogP contribution in [0.5, 0.6) is 0 Å². The Hall–Kier alpha value is -2.96. The summed E-state index contributed by atoms with van der Waals surface area (Å²) in [5.41, 5.74) is 1.02. The third kappa shape index (κ3) is 2.40. The van der Waals surface area contributed by atoms with Crippen molar-refractivity contribution < 1.29 is 14.3 Å².